The Bertz CT molecular complexity index is 877. The first-order valence-electron chi connectivity index (χ1n) is 10.6. The Morgan fingerprint density at radius 3 is 2.62 bits per heavy atom. The Morgan fingerprint density at radius 1 is 1.21 bits per heavy atom. The second-order valence-electron chi connectivity index (χ2n) is 8.67. The molecule has 1 saturated heterocycles. The molecule has 4 rings (SSSR count). The molecule has 0 atom stereocenters. The maximum atomic E-state index is 8.07. The van der Waals surface area contributed by atoms with Gasteiger partial charge in [0.25, 0.3) is 0 Å². The van der Waals surface area contributed by atoms with Crippen molar-refractivity contribution in [1.82, 2.24) is 10.1 Å². The molecule has 2 aromatic rings. The number of piperazine rings is 1. The van der Waals surface area contributed by atoms with Gasteiger partial charge in [-0.2, -0.15) is 0 Å². The van der Waals surface area contributed by atoms with E-state index in [0.717, 1.165) is 61.8 Å². The summed E-state index contributed by atoms with van der Waals surface area (Å²) < 4.78 is 5.48. The number of hydrogen-bond acceptors (Lipinski definition) is 6. The van der Waals surface area contributed by atoms with E-state index < -0.39 is 0 Å². The van der Waals surface area contributed by atoms with Gasteiger partial charge in [0.15, 0.2) is 5.84 Å². The fourth-order valence-corrected chi connectivity index (χ4v) is 4.04. The third-order valence-corrected chi connectivity index (χ3v) is 5.73. The van der Waals surface area contributed by atoms with Gasteiger partial charge in [0.1, 0.15) is 5.76 Å². The zero-order valence-corrected chi connectivity index (χ0v) is 17.3. The number of nitrogens with one attached hydrogen (secondary N) is 2. The first-order valence-corrected chi connectivity index (χ1v) is 10.6. The van der Waals surface area contributed by atoms with Crippen LogP contribution in [0.15, 0.2) is 33.9 Å². The molecule has 0 spiro atoms. The van der Waals surface area contributed by atoms with Crippen molar-refractivity contribution in [3.8, 4) is 0 Å². The summed E-state index contributed by atoms with van der Waals surface area (Å²) in [6.45, 7) is 8.89. The number of amidine groups is 1. The summed E-state index contributed by atoms with van der Waals surface area (Å²) in [6, 6.07) is 8.32. The van der Waals surface area contributed by atoms with Crippen LogP contribution in [0.5, 0.6) is 0 Å². The molecule has 2 fully saturated rings. The molecule has 154 valence electrons. The average Bonchev–Trinajstić information content (AvgIpc) is 3.47. The van der Waals surface area contributed by atoms with Crippen LogP contribution in [0.3, 0.4) is 0 Å². The molecule has 1 aromatic carbocycles. The van der Waals surface area contributed by atoms with E-state index in [1.807, 2.05) is 6.07 Å². The third-order valence-electron chi connectivity index (χ3n) is 5.73. The predicted molar refractivity (Wildman–Crippen MR) is 113 cm³/mol. The van der Waals surface area contributed by atoms with Crippen molar-refractivity contribution in [1.29, 1.82) is 10.9 Å². The van der Waals surface area contributed by atoms with E-state index in [-0.39, 0.29) is 5.84 Å². The van der Waals surface area contributed by atoms with Gasteiger partial charge in [0.2, 0.25) is 0 Å². The van der Waals surface area contributed by atoms with Gasteiger partial charge in [0, 0.05) is 56.0 Å². The lowest BCUT2D eigenvalue weighted by molar-refractivity contribution is 0.241. The zero-order valence-electron chi connectivity index (χ0n) is 17.3. The van der Waals surface area contributed by atoms with E-state index >= 15 is 0 Å². The Labute approximate surface area is 172 Å². The van der Waals surface area contributed by atoms with Crippen LogP contribution in [0, 0.1) is 16.9 Å². The first kappa shape index (κ1) is 19.8. The van der Waals surface area contributed by atoms with Crippen molar-refractivity contribution in [3.63, 3.8) is 0 Å². The van der Waals surface area contributed by atoms with Gasteiger partial charge >= 0.3 is 0 Å². The van der Waals surface area contributed by atoms with Gasteiger partial charge < -0.3 is 9.42 Å². The van der Waals surface area contributed by atoms with Gasteiger partial charge in [-0.1, -0.05) is 25.1 Å². The van der Waals surface area contributed by atoms with E-state index in [1.165, 1.54) is 18.4 Å². The summed E-state index contributed by atoms with van der Waals surface area (Å²) in [5.74, 6) is 2.24. The van der Waals surface area contributed by atoms with Crippen LogP contribution in [0.2, 0.25) is 0 Å². The maximum absolute atomic E-state index is 8.07. The molecule has 0 radical (unpaired) electrons. The minimum atomic E-state index is 0.0220. The highest BCUT2D eigenvalue weighted by Gasteiger charge is 2.28. The van der Waals surface area contributed by atoms with E-state index in [9.17, 15) is 0 Å². The SMILES string of the molecule is CC(C)Cc1ccc(C(=N)N=N)c(N2CCN(Cc3cc(C4CC4)on3)CC2)c1. The molecule has 1 aliphatic carbocycles. The number of anilines is 1. The topological polar surface area (TPSA) is 92.6 Å². The van der Waals surface area contributed by atoms with Crippen LogP contribution in [-0.2, 0) is 13.0 Å². The molecule has 2 heterocycles. The standard InChI is InChI=1S/C22H30N6O/c1-15(2)11-16-3-6-19(22(23)25-24)20(12-16)28-9-7-27(8-10-28)14-18-13-21(29-26-18)17-4-5-17/h3,6,12-13,15,17,23-24H,4-5,7-11,14H2,1-2H3. The summed E-state index contributed by atoms with van der Waals surface area (Å²) in [5.41, 5.74) is 11.3. The second kappa shape index (κ2) is 8.45. The molecular formula is C22H30N6O. The lowest BCUT2D eigenvalue weighted by Gasteiger charge is -2.36. The van der Waals surface area contributed by atoms with Gasteiger partial charge in [-0.15, -0.1) is 5.11 Å². The molecular weight excluding hydrogens is 364 g/mol. The Balaban J connectivity index is 1.43. The van der Waals surface area contributed by atoms with Crippen molar-refractivity contribution in [2.24, 2.45) is 11.0 Å². The molecule has 1 aliphatic heterocycles. The number of nitrogens with zero attached hydrogens (tertiary/aromatic N) is 4. The van der Waals surface area contributed by atoms with Crippen molar-refractivity contribution in [3.05, 3.63) is 46.8 Å². The van der Waals surface area contributed by atoms with Crippen LogP contribution in [0.4, 0.5) is 5.69 Å². The number of aromatic nitrogens is 1. The summed E-state index contributed by atoms with van der Waals surface area (Å²) in [6.07, 6.45) is 3.46. The van der Waals surface area contributed by atoms with Crippen LogP contribution in [0.25, 0.3) is 0 Å². The van der Waals surface area contributed by atoms with E-state index in [0.29, 0.717) is 11.8 Å². The Morgan fingerprint density at radius 2 is 1.97 bits per heavy atom. The largest absolute Gasteiger partial charge is 0.368 e. The van der Waals surface area contributed by atoms with E-state index in [2.05, 4.69) is 52.1 Å². The zero-order chi connectivity index (χ0) is 20.4. The Kier molecular flexibility index (Phi) is 5.76. The Hall–Kier alpha value is -2.54. The second-order valence-corrected chi connectivity index (χ2v) is 8.67. The lowest BCUT2D eigenvalue weighted by atomic mass is 9.99. The summed E-state index contributed by atoms with van der Waals surface area (Å²) >= 11 is 0. The molecule has 2 N–H and O–H groups in total. The molecule has 0 bridgehead atoms. The van der Waals surface area contributed by atoms with E-state index in [4.69, 9.17) is 15.5 Å². The quantitative estimate of drug-likeness (QED) is 0.413. The predicted octanol–water partition coefficient (Wildman–Crippen LogP) is 4.43. The van der Waals surface area contributed by atoms with Crippen molar-refractivity contribution >= 4 is 11.5 Å². The summed E-state index contributed by atoms with van der Waals surface area (Å²) in [5, 5.41) is 15.7. The van der Waals surface area contributed by atoms with Crippen molar-refractivity contribution in [2.45, 2.75) is 45.6 Å². The smallest absolute Gasteiger partial charge is 0.175 e. The van der Waals surface area contributed by atoms with Crippen molar-refractivity contribution in [2.75, 3.05) is 31.1 Å². The normalized spacial score (nSPS) is 17.7. The van der Waals surface area contributed by atoms with Crippen LogP contribution < -0.4 is 4.90 Å². The van der Waals surface area contributed by atoms with Gasteiger partial charge in [0.05, 0.1) is 5.69 Å². The third kappa shape index (κ3) is 4.72. The molecule has 1 saturated carbocycles. The highest BCUT2D eigenvalue weighted by molar-refractivity contribution is 6.01. The first-order chi connectivity index (χ1) is 14.0. The van der Waals surface area contributed by atoms with Gasteiger partial charge in [-0.25, -0.2) is 5.53 Å². The molecule has 0 unspecified atom stereocenters. The van der Waals surface area contributed by atoms with Gasteiger partial charge in [-0.3, -0.25) is 10.3 Å². The lowest BCUT2D eigenvalue weighted by Crippen LogP contribution is -2.46. The minimum absolute atomic E-state index is 0.0220. The number of benzene rings is 1. The van der Waals surface area contributed by atoms with Crippen LogP contribution >= 0.6 is 0 Å². The summed E-state index contributed by atoms with van der Waals surface area (Å²) in [7, 11) is 0. The van der Waals surface area contributed by atoms with Crippen LogP contribution in [-0.4, -0.2) is 42.1 Å². The molecule has 7 nitrogen and oxygen atoms in total. The molecule has 0 amide bonds. The summed E-state index contributed by atoms with van der Waals surface area (Å²) in [4.78, 5) is 4.73. The highest BCUT2D eigenvalue weighted by Crippen LogP contribution is 2.40. The fraction of sp³-hybridized carbons (Fsp3) is 0.545. The number of rotatable bonds is 7. The molecule has 2 aliphatic rings. The van der Waals surface area contributed by atoms with E-state index in [1.54, 1.807) is 0 Å². The number of hydrogen-bond donors (Lipinski definition) is 2. The minimum Gasteiger partial charge on any atom is -0.368 e. The fourth-order valence-electron chi connectivity index (χ4n) is 4.04. The molecule has 7 heteroatoms. The van der Waals surface area contributed by atoms with Crippen LogP contribution in [0.1, 0.15) is 55.2 Å². The monoisotopic (exact) mass is 394 g/mol. The van der Waals surface area contributed by atoms with Gasteiger partial charge in [-0.05, 0) is 42.9 Å². The molecule has 29 heavy (non-hydrogen) atoms. The average molecular weight is 395 g/mol. The highest BCUT2D eigenvalue weighted by atomic mass is 16.5. The molecule has 1 aromatic heterocycles. The van der Waals surface area contributed by atoms with Crippen molar-refractivity contribution < 1.29 is 4.52 Å². The maximum Gasteiger partial charge on any atom is 0.175 e.